The normalized spacial score (nSPS) is 15.4. The number of aromatic hydroxyl groups is 2. The summed E-state index contributed by atoms with van der Waals surface area (Å²) in [6, 6.07) is 11.2. The third kappa shape index (κ3) is 2.04. The summed E-state index contributed by atoms with van der Waals surface area (Å²) >= 11 is 0. The Kier molecular flexibility index (Phi) is 2.49. The van der Waals surface area contributed by atoms with E-state index in [-0.39, 0.29) is 11.5 Å². The number of carbonyl (C=O) groups is 1. The lowest BCUT2D eigenvalue weighted by Gasteiger charge is -2.00. The van der Waals surface area contributed by atoms with E-state index in [2.05, 4.69) is 0 Å². The Bertz CT molecular complexity index is 681. The minimum absolute atomic E-state index is 0.0634. The van der Waals surface area contributed by atoms with Gasteiger partial charge in [0.05, 0.1) is 5.57 Å². The van der Waals surface area contributed by atoms with Gasteiger partial charge in [-0.1, -0.05) is 18.2 Å². The van der Waals surface area contributed by atoms with Crippen molar-refractivity contribution in [3.63, 3.8) is 0 Å². The Morgan fingerprint density at radius 3 is 2.42 bits per heavy atom. The number of ether oxygens (including phenoxy) is 1. The van der Waals surface area contributed by atoms with Gasteiger partial charge in [-0.25, -0.2) is 4.79 Å². The highest BCUT2D eigenvalue weighted by atomic mass is 16.5. The number of fused-ring (bicyclic) bond motifs is 1. The predicted molar refractivity (Wildman–Crippen MR) is 69.7 cm³/mol. The number of hydrogen-bond acceptors (Lipinski definition) is 4. The lowest BCUT2D eigenvalue weighted by Crippen LogP contribution is -2.00. The van der Waals surface area contributed by atoms with Crippen LogP contribution in [0.2, 0.25) is 0 Å². The second kappa shape index (κ2) is 4.17. The molecule has 4 heteroatoms. The number of phenolic OH excluding ortho intramolecular Hbond substituents is 2. The Morgan fingerprint density at radius 1 is 1.00 bits per heavy atom. The van der Waals surface area contributed by atoms with Crippen molar-refractivity contribution in [2.75, 3.05) is 0 Å². The highest BCUT2D eigenvalue weighted by Crippen LogP contribution is 2.35. The van der Waals surface area contributed by atoms with Gasteiger partial charge in [0.1, 0.15) is 17.2 Å². The van der Waals surface area contributed by atoms with Gasteiger partial charge in [0.25, 0.3) is 0 Å². The minimum Gasteiger partial charge on any atom is -0.508 e. The van der Waals surface area contributed by atoms with Crippen LogP contribution in [0.25, 0.3) is 11.6 Å². The van der Waals surface area contributed by atoms with Crippen molar-refractivity contribution >= 4 is 17.6 Å². The molecule has 0 atom stereocenters. The van der Waals surface area contributed by atoms with Crippen LogP contribution in [0, 0.1) is 0 Å². The number of carbonyl (C=O) groups excluding carboxylic acids is 1. The molecule has 0 unspecified atom stereocenters. The second-order valence-corrected chi connectivity index (χ2v) is 4.23. The predicted octanol–water partition coefficient (Wildman–Crippen LogP) is 2.56. The van der Waals surface area contributed by atoms with Crippen LogP contribution >= 0.6 is 0 Å². The SMILES string of the molecule is O=C1Oc2ccccc2C1=Cc1cc(O)cc(O)c1. The van der Waals surface area contributed by atoms with Crippen molar-refractivity contribution in [3.8, 4) is 17.2 Å². The average Bonchev–Trinajstić information content (AvgIpc) is 2.65. The second-order valence-electron chi connectivity index (χ2n) is 4.23. The molecule has 0 aliphatic carbocycles. The van der Waals surface area contributed by atoms with E-state index in [1.165, 1.54) is 18.2 Å². The molecule has 1 aliphatic rings. The molecule has 0 bridgehead atoms. The standard InChI is InChI=1S/C15H10O4/c16-10-5-9(6-11(17)8-10)7-13-12-3-1-2-4-14(12)19-15(13)18/h1-8,16-17H. The van der Waals surface area contributed by atoms with Crippen LogP contribution in [0.3, 0.4) is 0 Å². The van der Waals surface area contributed by atoms with Crippen molar-refractivity contribution in [2.45, 2.75) is 0 Å². The summed E-state index contributed by atoms with van der Waals surface area (Å²) in [5.41, 5.74) is 1.64. The first-order chi connectivity index (χ1) is 9.13. The molecule has 1 heterocycles. The maximum absolute atomic E-state index is 11.8. The van der Waals surface area contributed by atoms with E-state index in [1.54, 1.807) is 24.3 Å². The molecule has 94 valence electrons. The van der Waals surface area contributed by atoms with E-state index in [4.69, 9.17) is 4.74 Å². The third-order valence-corrected chi connectivity index (χ3v) is 2.84. The van der Waals surface area contributed by atoms with Gasteiger partial charge < -0.3 is 14.9 Å². The molecule has 2 aromatic carbocycles. The maximum Gasteiger partial charge on any atom is 0.344 e. The molecule has 2 aromatic rings. The molecule has 0 saturated heterocycles. The van der Waals surface area contributed by atoms with E-state index in [0.717, 1.165) is 0 Å². The molecule has 4 nitrogen and oxygen atoms in total. The first kappa shape index (κ1) is 11.3. The molecule has 0 spiro atoms. The van der Waals surface area contributed by atoms with E-state index in [0.29, 0.717) is 22.4 Å². The number of para-hydroxylation sites is 1. The topological polar surface area (TPSA) is 66.8 Å². The Balaban J connectivity index is 2.11. The summed E-state index contributed by atoms with van der Waals surface area (Å²) in [5, 5.41) is 18.8. The summed E-state index contributed by atoms with van der Waals surface area (Å²) in [6.45, 7) is 0. The van der Waals surface area contributed by atoms with Crippen LogP contribution in [-0.4, -0.2) is 16.2 Å². The molecule has 1 aliphatic heterocycles. The van der Waals surface area contributed by atoms with Gasteiger partial charge in [0, 0.05) is 11.6 Å². The average molecular weight is 254 g/mol. The van der Waals surface area contributed by atoms with Crippen LogP contribution in [0.1, 0.15) is 11.1 Å². The van der Waals surface area contributed by atoms with E-state index >= 15 is 0 Å². The number of rotatable bonds is 1. The van der Waals surface area contributed by atoms with Gasteiger partial charge in [-0.2, -0.15) is 0 Å². The fourth-order valence-corrected chi connectivity index (χ4v) is 2.05. The molecular weight excluding hydrogens is 244 g/mol. The Hall–Kier alpha value is -2.75. The lowest BCUT2D eigenvalue weighted by atomic mass is 10.0. The first-order valence-corrected chi connectivity index (χ1v) is 5.70. The van der Waals surface area contributed by atoms with Crippen molar-refractivity contribution in [1.29, 1.82) is 0 Å². The Labute approximate surface area is 109 Å². The lowest BCUT2D eigenvalue weighted by molar-refractivity contribution is -0.126. The van der Waals surface area contributed by atoms with Crippen LogP contribution in [0.15, 0.2) is 42.5 Å². The highest BCUT2D eigenvalue weighted by Gasteiger charge is 2.26. The van der Waals surface area contributed by atoms with Crippen molar-refractivity contribution in [2.24, 2.45) is 0 Å². The van der Waals surface area contributed by atoms with Gasteiger partial charge in [-0.15, -0.1) is 0 Å². The van der Waals surface area contributed by atoms with Crippen LogP contribution < -0.4 is 4.74 Å². The largest absolute Gasteiger partial charge is 0.508 e. The molecule has 0 radical (unpaired) electrons. The molecule has 2 N–H and O–H groups in total. The third-order valence-electron chi connectivity index (χ3n) is 2.84. The molecule has 19 heavy (non-hydrogen) atoms. The zero-order valence-electron chi connectivity index (χ0n) is 9.83. The Morgan fingerprint density at radius 2 is 1.68 bits per heavy atom. The molecule has 0 fully saturated rings. The van der Waals surface area contributed by atoms with Crippen molar-refractivity contribution in [1.82, 2.24) is 0 Å². The van der Waals surface area contributed by atoms with E-state index in [1.807, 2.05) is 6.07 Å². The molecule has 0 saturated carbocycles. The zero-order valence-corrected chi connectivity index (χ0v) is 9.83. The van der Waals surface area contributed by atoms with Gasteiger partial charge in [-0.05, 0) is 29.8 Å². The van der Waals surface area contributed by atoms with Crippen LogP contribution in [-0.2, 0) is 4.79 Å². The molecule has 3 rings (SSSR count). The summed E-state index contributed by atoms with van der Waals surface area (Å²) in [7, 11) is 0. The molecule has 0 amide bonds. The fourth-order valence-electron chi connectivity index (χ4n) is 2.05. The number of hydrogen-bond donors (Lipinski definition) is 2. The van der Waals surface area contributed by atoms with E-state index in [9.17, 15) is 15.0 Å². The first-order valence-electron chi connectivity index (χ1n) is 5.70. The molecule has 0 aromatic heterocycles. The summed E-state index contributed by atoms with van der Waals surface area (Å²) < 4.78 is 5.12. The summed E-state index contributed by atoms with van der Waals surface area (Å²) in [4.78, 5) is 11.8. The minimum atomic E-state index is -0.441. The van der Waals surface area contributed by atoms with Gasteiger partial charge in [0.15, 0.2) is 0 Å². The van der Waals surface area contributed by atoms with Gasteiger partial charge in [0.2, 0.25) is 0 Å². The number of esters is 1. The van der Waals surface area contributed by atoms with E-state index < -0.39 is 5.97 Å². The quantitative estimate of drug-likeness (QED) is 0.466. The summed E-state index contributed by atoms with van der Waals surface area (Å²) in [5.74, 6) is -0.0508. The zero-order chi connectivity index (χ0) is 13.4. The number of benzene rings is 2. The van der Waals surface area contributed by atoms with Gasteiger partial charge in [-0.3, -0.25) is 0 Å². The van der Waals surface area contributed by atoms with Crippen molar-refractivity contribution in [3.05, 3.63) is 53.6 Å². The fraction of sp³-hybridized carbons (Fsp3) is 0. The summed E-state index contributed by atoms with van der Waals surface area (Å²) in [6.07, 6.45) is 1.58. The molecular formula is C15H10O4. The highest BCUT2D eigenvalue weighted by molar-refractivity contribution is 6.25. The smallest absolute Gasteiger partial charge is 0.344 e. The number of phenols is 2. The van der Waals surface area contributed by atoms with Crippen LogP contribution in [0.5, 0.6) is 17.2 Å². The monoisotopic (exact) mass is 254 g/mol. The maximum atomic E-state index is 11.8. The van der Waals surface area contributed by atoms with Crippen molar-refractivity contribution < 1.29 is 19.7 Å². The van der Waals surface area contributed by atoms with Gasteiger partial charge >= 0.3 is 5.97 Å². The van der Waals surface area contributed by atoms with Crippen LogP contribution in [0.4, 0.5) is 0 Å².